The van der Waals surface area contributed by atoms with E-state index in [-0.39, 0.29) is 24.0 Å². The van der Waals surface area contributed by atoms with Crippen LogP contribution in [-0.4, -0.2) is 33.8 Å². The monoisotopic (exact) mass is 517 g/mol. The number of amides is 2. The van der Waals surface area contributed by atoms with Gasteiger partial charge in [-0.25, -0.2) is 9.59 Å². The van der Waals surface area contributed by atoms with E-state index in [1.54, 1.807) is 0 Å². The minimum atomic E-state index is -0.684. The Kier molecular flexibility index (Phi) is 6.79. The van der Waals surface area contributed by atoms with Crippen molar-refractivity contribution in [3.8, 4) is 11.1 Å². The van der Waals surface area contributed by atoms with Gasteiger partial charge in [0.25, 0.3) is 5.56 Å². The van der Waals surface area contributed by atoms with Crippen LogP contribution in [0.4, 0.5) is 16.3 Å². The number of alkyl carbamates (subject to hydrolysis) is 1. The van der Waals surface area contributed by atoms with Crippen LogP contribution in [0.5, 0.6) is 0 Å². The number of nitrogens with two attached hydrogens (primary N) is 1. The van der Waals surface area contributed by atoms with Crippen LogP contribution in [0.2, 0.25) is 0 Å². The number of rotatable bonds is 5. The zero-order valence-electron chi connectivity index (χ0n) is 21.4. The largest absolute Gasteiger partial charge is 0.449 e. The summed E-state index contributed by atoms with van der Waals surface area (Å²) >= 11 is 0. The Balaban J connectivity index is 1.27. The molecule has 2 aliphatic carbocycles. The van der Waals surface area contributed by atoms with Crippen molar-refractivity contribution in [3.05, 3.63) is 80.5 Å². The lowest BCUT2D eigenvalue weighted by Gasteiger charge is -2.31. The molecule has 1 saturated carbocycles. The number of hydrogen-bond donors (Lipinski definition) is 3. The van der Waals surface area contributed by atoms with Crippen molar-refractivity contribution in [2.75, 3.05) is 17.7 Å². The van der Waals surface area contributed by atoms with Crippen LogP contribution in [-0.2, 0) is 23.6 Å². The fourth-order valence-electron chi connectivity index (χ4n) is 5.60. The summed E-state index contributed by atoms with van der Waals surface area (Å²) in [6, 6.07) is 15.7. The molecule has 0 unspecified atom stereocenters. The third-order valence-corrected chi connectivity index (χ3v) is 7.71. The van der Waals surface area contributed by atoms with E-state index in [0.717, 1.165) is 44.2 Å². The van der Waals surface area contributed by atoms with E-state index in [1.165, 1.54) is 14.1 Å². The highest BCUT2D eigenvalue weighted by Gasteiger charge is 2.34. The number of benzene rings is 2. The molecule has 2 aromatic carbocycles. The van der Waals surface area contributed by atoms with Gasteiger partial charge < -0.3 is 21.1 Å². The average molecular weight is 518 g/mol. The molecule has 10 heteroatoms. The summed E-state index contributed by atoms with van der Waals surface area (Å²) in [4.78, 5) is 50.8. The number of ether oxygens (including phenoxy) is 1. The molecule has 0 aliphatic heterocycles. The summed E-state index contributed by atoms with van der Waals surface area (Å²) in [5.41, 5.74) is 9.06. The van der Waals surface area contributed by atoms with Gasteiger partial charge in [-0.2, -0.15) is 0 Å². The second kappa shape index (κ2) is 10.2. The fraction of sp³-hybridized carbons (Fsp3) is 0.357. The molecule has 1 fully saturated rings. The van der Waals surface area contributed by atoms with Gasteiger partial charge in [-0.1, -0.05) is 61.4 Å². The summed E-state index contributed by atoms with van der Waals surface area (Å²) in [6.45, 7) is 0.175. The molecule has 2 atom stereocenters. The van der Waals surface area contributed by atoms with Crippen LogP contribution in [0.25, 0.3) is 11.1 Å². The van der Waals surface area contributed by atoms with Crippen molar-refractivity contribution in [2.45, 2.75) is 37.6 Å². The summed E-state index contributed by atoms with van der Waals surface area (Å²) in [7, 11) is 2.75. The topological polar surface area (TPSA) is 137 Å². The summed E-state index contributed by atoms with van der Waals surface area (Å²) in [5, 5.41) is 5.49. The van der Waals surface area contributed by atoms with E-state index in [9.17, 15) is 19.2 Å². The van der Waals surface area contributed by atoms with Crippen LogP contribution in [0, 0.1) is 5.92 Å². The molecule has 4 N–H and O–H groups in total. The Labute approximate surface area is 219 Å². The molecule has 38 heavy (non-hydrogen) atoms. The van der Waals surface area contributed by atoms with Crippen LogP contribution in [0.3, 0.4) is 0 Å². The molecule has 0 spiro atoms. The number of hydrogen-bond acceptors (Lipinski definition) is 6. The maximum absolute atomic E-state index is 13.2. The minimum absolute atomic E-state index is 0.0671. The van der Waals surface area contributed by atoms with Crippen molar-refractivity contribution in [2.24, 2.45) is 20.0 Å². The van der Waals surface area contributed by atoms with E-state index in [2.05, 4.69) is 34.9 Å². The number of nitrogens with one attached hydrogen (secondary N) is 2. The lowest BCUT2D eigenvalue weighted by molar-refractivity contribution is -0.121. The van der Waals surface area contributed by atoms with Crippen molar-refractivity contribution >= 4 is 23.5 Å². The maximum Gasteiger partial charge on any atom is 0.407 e. The zero-order valence-corrected chi connectivity index (χ0v) is 21.4. The molecule has 0 radical (unpaired) electrons. The fourth-order valence-corrected chi connectivity index (χ4v) is 5.60. The molecule has 3 aromatic rings. The number of anilines is 2. The molecule has 0 bridgehead atoms. The van der Waals surface area contributed by atoms with Crippen molar-refractivity contribution < 1.29 is 14.3 Å². The van der Waals surface area contributed by atoms with Crippen LogP contribution in [0.15, 0.2) is 58.1 Å². The summed E-state index contributed by atoms with van der Waals surface area (Å²) in [6.07, 6.45) is 2.20. The molecule has 1 heterocycles. The number of nitrogens with zero attached hydrogens (tertiary/aromatic N) is 2. The second-order valence-corrected chi connectivity index (χ2v) is 9.92. The highest BCUT2D eigenvalue weighted by Crippen LogP contribution is 2.44. The third-order valence-electron chi connectivity index (χ3n) is 7.71. The molecular formula is C28H31N5O5. The SMILES string of the molecule is Cn1c(N)c(NC(=O)[C@H]2CCCC[C@@H]2NC(=O)OCC2c3ccccc3-c3ccccc32)c(=O)n(C)c1=O. The second-order valence-electron chi connectivity index (χ2n) is 9.92. The number of fused-ring (bicyclic) bond motifs is 3. The normalized spacial score (nSPS) is 18.4. The predicted molar refractivity (Wildman–Crippen MR) is 144 cm³/mol. The number of carbonyl (C=O) groups excluding carboxylic acids is 2. The number of carbonyl (C=O) groups is 2. The zero-order chi connectivity index (χ0) is 27.0. The van der Waals surface area contributed by atoms with E-state index >= 15 is 0 Å². The first-order valence-electron chi connectivity index (χ1n) is 12.8. The lowest BCUT2D eigenvalue weighted by atomic mass is 9.84. The molecule has 2 aliphatic rings. The Morgan fingerprint density at radius 1 is 0.947 bits per heavy atom. The van der Waals surface area contributed by atoms with E-state index < -0.39 is 35.2 Å². The number of aromatic nitrogens is 2. The Bertz CT molecular complexity index is 1480. The molecule has 198 valence electrons. The van der Waals surface area contributed by atoms with Gasteiger partial charge in [-0.3, -0.25) is 18.7 Å². The summed E-state index contributed by atoms with van der Waals surface area (Å²) in [5.74, 6) is -1.20. The smallest absolute Gasteiger partial charge is 0.407 e. The Hall–Kier alpha value is -4.34. The molecule has 2 amide bonds. The van der Waals surface area contributed by atoms with Gasteiger partial charge >= 0.3 is 11.8 Å². The predicted octanol–water partition coefficient (Wildman–Crippen LogP) is 2.70. The van der Waals surface area contributed by atoms with Gasteiger partial charge in [0, 0.05) is 26.1 Å². The summed E-state index contributed by atoms with van der Waals surface area (Å²) < 4.78 is 7.67. The standard InChI is InChI=1S/C28H31N5O5/c1-32-24(29)23(26(35)33(2)28(32)37)31-25(34)20-13-7-8-14-22(20)30-27(36)38-15-21-18-11-5-3-9-16(18)17-10-4-6-12-19(17)21/h3-6,9-12,20-22H,7-8,13-15,29H2,1-2H3,(H,30,36)(H,31,34)/t20-,22-/m0/s1. The van der Waals surface area contributed by atoms with Crippen molar-refractivity contribution in [1.82, 2.24) is 14.5 Å². The molecular weight excluding hydrogens is 486 g/mol. The van der Waals surface area contributed by atoms with Gasteiger partial charge in [0.05, 0.1) is 5.92 Å². The van der Waals surface area contributed by atoms with Crippen LogP contribution < -0.4 is 27.6 Å². The molecule has 10 nitrogen and oxygen atoms in total. The van der Waals surface area contributed by atoms with Gasteiger partial charge in [-0.05, 0) is 35.1 Å². The average Bonchev–Trinajstić information content (AvgIpc) is 3.26. The maximum atomic E-state index is 13.2. The van der Waals surface area contributed by atoms with Crippen molar-refractivity contribution in [1.29, 1.82) is 0 Å². The van der Waals surface area contributed by atoms with Crippen molar-refractivity contribution in [3.63, 3.8) is 0 Å². The quantitative estimate of drug-likeness (QED) is 0.476. The first-order valence-corrected chi connectivity index (χ1v) is 12.8. The van der Waals surface area contributed by atoms with Crippen LogP contribution in [0.1, 0.15) is 42.7 Å². The van der Waals surface area contributed by atoms with Crippen LogP contribution >= 0.6 is 0 Å². The van der Waals surface area contributed by atoms with Gasteiger partial charge in [0.15, 0.2) is 0 Å². The minimum Gasteiger partial charge on any atom is -0.449 e. The Morgan fingerprint density at radius 2 is 1.55 bits per heavy atom. The van der Waals surface area contributed by atoms with E-state index in [0.29, 0.717) is 12.8 Å². The first kappa shape index (κ1) is 25.3. The van der Waals surface area contributed by atoms with Gasteiger partial charge in [0.1, 0.15) is 18.1 Å². The first-order chi connectivity index (χ1) is 18.3. The Morgan fingerprint density at radius 3 is 2.21 bits per heavy atom. The molecule has 0 saturated heterocycles. The lowest BCUT2D eigenvalue weighted by Crippen LogP contribution is -2.48. The highest BCUT2D eigenvalue weighted by atomic mass is 16.5. The molecule has 1 aromatic heterocycles. The third kappa shape index (κ3) is 4.46. The van der Waals surface area contributed by atoms with Gasteiger partial charge in [0.2, 0.25) is 5.91 Å². The van der Waals surface area contributed by atoms with E-state index in [4.69, 9.17) is 10.5 Å². The van der Waals surface area contributed by atoms with Gasteiger partial charge in [-0.15, -0.1) is 0 Å². The highest BCUT2D eigenvalue weighted by molar-refractivity contribution is 5.95. The number of nitrogen functional groups attached to an aromatic ring is 1. The van der Waals surface area contributed by atoms with E-state index in [1.807, 2.05) is 24.3 Å². The molecule has 5 rings (SSSR count).